The van der Waals surface area contributed by atoms with E-state index in [-0.39, 0.29) is 0 Å². The topological polar surface area (TPSA) is 9.23 Å². The maximum atomic E-state index is 5.22. The monoisotopic (exact) mass is 272 g/mol. The minimum Gasteiger partial charge on any atom is -0.497 e. The quantitative estimate of drug-likeness (QED) is 0.641. The van der Waals surface area contributed by atoms with Crippen LogP contribution < -0.4 is 4.74 Å². The van der Waals surface area contributed by atoms with Gasteiger partial charge in [-0.1, -0.05) is 54.6 Å². The van der Waals surface area contributed by atoms with Gasteiger partial charge in [0.15, 0.2) is 0 Å². The van der Waals surface area contributed by atoms with Crippen LogP contribution in [0.15, 0.2) is 60.7 Å². The van der Waals surface area contributed by atoms with Crippen LogP contribution in [0.2, 0.25) is 0 Å². The number of benzene rings is 3. The SMILES string of the molecule is COc1ccc(C=C2Cc3cccc4cccc2c34)cc1. The van der Waals surface area contributed by atoms with E-state index in [1.165, 1.54) is 33.0 Å². The molecule has 0 N–H and O–H groups in total. The molecule has 0 saturated heterocycles. The Kier molecular flexibility index (Phi) is 2.78. The lowest BCUT2D eigenvalue weighted by atomic mass is 10.0. The van der Waals surface area contributed by atoms with Crippen molar-refractivity contribution in [1.29, 1.82) is 0 Å². The first-order valence-corrected chi connectivity index (χ1v) is 7.21. The molecule has 3 aromatic carbocycles. The highest BCUT2D eigenvalue weighted by atomic mass is 16.5. The Morgan fingerprint density at radius 1 is 0.905 bits per heavy atom. The van der Waals surface area contributed by atoms with Gasteiger partial charge in [0.05, 0.1) is 7.11 Å². The molecule has 0 heterocycles. The Bertz CT molecular complexity index is 836. The van der Waals surface area contributed by atoms with Gasteiger partial charge in [-0.2, -0.15) is 0 Å². The number of methoxy groups -OCH3 is 1. The van der Waals surface area contributed by atoms with Gasteiger partial charge in [-0.15, -0.1) is 0 Å². The van der Waals surface area contributed by atoms with E-state index in [9.17, 15) is 0 Å². The zero-order chi connectivity index (χ0) is 14.2. The van der Waals surface area contributed by atoms with Crippen LogP contribution in [0.5, 0.6) is 5.75 Å². The Morgan fingerprint density at radius 2 is 1.67 bits per heavy atom. The molecule has 0 aromatic heterocycles. The van der Waals surface area contributed by atoms with E-state index < -0.39 is 0 Å². The van der Waals surface area contributed by atoms with Gasteiger partial charge in [0.2, 0.25) is 0 Å². The van der Waals surface area contributed by atoms with Gasteiger partial charge < -0.3 is 4.74 Å². The van der Waals surface area contributed by atoms with Crippen LogP contribution in [-0.2, 0) is 6.42 Å². The maximum Gasteiger partial charge on any atom is 0.118 e. The van der Waals surface area contributed by atoms with Gasteiger partial charge >= 0.3 is 0 Å². The van der Waals surface area contributed by atoms with Crippen LogP contribution in [0, 0.1) is 0 Å². The largest absolute Gasteiger partial charge is 0.497 e. The lowest BCUT2D eigenvalue weighted by molar-refractivity contribution is 0.415. The lowest BCUT2D eigenvalue weighted by Crippen LogP contribution is -1.83. The van der Waals surface area contributed by atoms with Crippen molar-refractivity contribution in [3.05, 3.63) is 77.4 Å². The van der Waals surface area contributed by atoms with Crippen molar-refractivity contribution in [2.75, 3.05) is 7.11 Å². The van der Waals surface area contributed by atoms with E-state index in [4.69, 9.17) is 4.74 Å². The summed E-state index contributed by atoms with van der Waals surface area (Å²) >= 11 is 0. The predicted octanol–water partition coefficient (Wildman–Crippen LogP) is 4.95. The number of hydrogen-bond donors (Lipinski definition) is 0. The second-order valence-corrected chi connectivity index (χ2v) is 5.44. The molecule has 3 aromatic rings. The molecule has 1 heteroatoms. The molecule has 21 heavy (non-hydrogen) atoms. The maximum absolute atomic E-state index is 5.22. The second kappa shape index (κ2) is 4.78. The molecule has 0 atom stereocenters. The summed E-state index contributed by atoms with van der Waals surface area (Å²) < 4.78 is 5.22. The van der Waals surface area contributed by atoms with Gasteiger partial charge in [0.1, 0.15) is 5.75 Å². The van der Waals surface area contributed by atoms with E-state index in [1.807, 2.05) is 12.1 Å². The summed E-state index contributed by atoms with van der Waals surface area (Å²) in [5.74, 6) is 0.897. The van der Waals surface area contributed by atoms with Crippen LogP contribution in [0.25, 0.3) is 22.4 Å². The summed E-state index contributed by atoms with van der Waals surface area (Å²) in [6.07, 6.45) is 3.30. The average Bonchev–Trinajstić information content (AvgIpc) is 2.89. The molecule has 0 amide bonds. The molecule has 0 radical (unpaired) electrons. The number of ether oxygens (including phenoxy) is 1. The third-order valence-corrected chi connectivity index (χ3v) is 4.17. The zero-order valence-corrected chi connectivity index (χ0v) is 12.0. The average molecular weight is 272 g/mol. The highest BCUT2D eigenvalue weighted by Gasteiger charge is 2.17. The predicted molar refractivity (Wildman–Crippen MR) is 88.5 cm³/mol. The Morgan fingerprint density at radius 3 is 2.43 bits per heavy atom. The van der Waals surface area contributed by atoms with E-state index in [1.54, 1.807) is 7.11 Å². The smallest absolute Gasteiger partial charge is 0.118 e. The fourth-order valence-corrected chi connectivity index (χ4v) is 3.16. The molecule has 0 saturated carbocycles. The molecule has 0 fully saturated rings. The molecule has 4 rings (SSSR count). The Balaban J connectivity index is 1.81. The summed E-state index contributed by atoms with van der Waals surface area (Å²) in [5.41, 5.74) is 5.42. The van der Waals surface area contributed by atoms with Gasteiger partial charge in [-0.25, -0.2) is 0 Å². The Hall–Kier alpha value is -2.54. The molecule has 0 spiro atoms. The van der Waals surface area contributed by atoms with E-state index in [0.717, 1.165) is 12.2 Å². The minimum absolute atomic E-state index is 0.897. The first-order valence-electron chi connectivity index (χ1n) is 7.21. The molecule has 102 valence electrons. The van der Waals surface area contributed by atoms with Crippen LogP contribution in [0.1, 0.15) is 16.7 Å². The van der Waals surface area contributed by atoms with E-state index >= 15 is 0 Å². The van der Waals surface area contributed by atoms with Crippen molar-refractivity contribution in [2.45, 2.75) is 6.42 Å². The third-order valence-electron chi connectivity index (χ3n) is 4.17. The first kappa shape index (κ1) is 12.2. The molecule has 1 aliphatic rings. The highest BCUT2D eigenvalue weighted by Crippen LogP contribution is 2.38. The minimum atomic E-state index is 0.897. The van der Waals surface area contributed by atoms with Crippen molar-refractivity contribution >= 4 is 22.4 Å². The number of rotatable bonds is 2. The first-order chi connectivity index (χ1) is 10.3. The summed E-state index contributed by atoms with van der Waals surface area (Å²) in [7, 11) is 1.70. The van der Waals surface area contributed by atoms with Gasteiger partial charge in [0.25, 0.3) is 0 Å². The Labute approximate surface area is 124 Å². The van der Waals surface area contributed by atoms with Crippen molar-refractivity contribution < 1.29 is 4.74 Å². The van der Waals surface area contributed by atoms with E-state index in [2.05, 4.69) is 54.6 Å². The lowest BCUT2D eigenvalue weighted by Gasteiger charge is -2.03. The normalized spacial score (nSPS) is 14.8. The van der Waals surface area contributed by atoms with Crippen LogP contribution in [0.3, 0.4) is 0 Å². The van der Waals surface area contributed by atoms with Gasteiger partial charge in [0, 0.05) is 0 Å². The van der Waals surface area contributed by atoms with Crippen molar-refractivity contribution in [3.63, 3.8) is 0 Å². The summed E-state index contributed by atoms with van der Waals surface area (Å²) in [6.45, 7) is 0. The van der Waals surface area contributed by atoms with Crippen molar-refractivity contribution in [2.24, 2.45) is 0 Å². The second-order valence-electron chi connectivity index (χ2n) is 5.44. The zero-order valence-electron chi connectivity index (χ0n) is 12.0. The van der Waals surface area contributed by atoms with Crippen LogP contribution >= 0.6 is 0 Å². The van der Waals surface area contributed by atoms with Gasteiger partial charge in [-0.05, 0) is 51.6 Å². The van der Waals surface area contributed by atoms with Crippen LogP contribution in [0.4, 0.5) is 0 Å². The molecular formula is C20H16O. The number of allylic oxidation sites excluding steroid dienone is 1. The van der Waals surface area contributed by atoms with Crippen LogP contribution in [-0.4, -0.2) is 7.11 Å². The fourth-order valence-electron chi connectivity index (χ4n) is 3.16. The molecule has 0 unspecified atom stereocenters. The van der Waals surface area contributed by atoms with Crippen molar-refractivity contribution in [1.82, 2.24) is 0 Å². The van der Waals surface area contributed by atoms with E-state index in [0.29, 0.717) is 0 Å². The molecular weight excluding hydrogens is 256 g/mol. The van der Waals surface area contributed by atoms with Crippen molar-refractivity contribution in [3.8, 4) is 5.75 Å². The summed E-state index contributed by atoms with van der Waals surface area (Å²) in [5, 5.41) is 2.75. The molecule has 0 bridgehead atoms. The summed E-state index contributed by atoms with van der Waals surface area (Å²) in [6, 6.07) is 21.4. The molecule has 1 aliphatic carbocycles. The summed E-state index contributed by atoms with van der Waals surface area (Å²) in [4.78, 5) is 0. The molecule has 1 nitrogen and oxygen atoms in total. The molecule has 0 aliphatic heterocycles. The number of hydrogen-bond acceptors (Lipinski definition) is 1. The third kappa shape index (κ3) is 2.02. The van der Waals surface area contributed by atoms with Gasteiger partial charge in [-0.3, -0.25) is 0 Å². The highest BCUT2D eigenvalue weighted by molar-refractivity contribution is 6.04. The standard InChI is InChI=1S/C20H16O/c1-21-18-10-8-14(9-11-18)12-17-13-16-6-2-4-15-5-3-7-19(17)20(15)16/h2-12H,13H2,1H3. The fraction of sp³-hybridized carbons (Fsp3) is 0.100.